The summed E-state index contributed by atoms with van der Waals surface area (Å²) in [5.41, 5.74) is -0.485. The van der Waals surface area contributed by atoms with Gasteiger partial charge < -0.3 is 9.64 Å². The molecule has 9 nitrogen and oxygen atoms in total. The molecule has 4 rings (SSSR count). The van der Waals surface area contributed by atoms with Gasteiger partial charge in [0.1, 0.15) is 6.61 Å². The van der Waals surface area contributed by atoms with Crippen molar-refractivity contribution in [3.63, 3.8) is 0 Å². The minimum Gasteiger partial charge on any atom is -0.458 e. The van der Waals surface area contributed by atoms with Gasteiger partial charge in [0.05, 0.1) is 16.2 Å². The number of hydrogen-bond acceptors (Lipinski definition) is 6. The van der Waals surface area contributed by atoms with Crippen LogP contribution in [0.3, 0.4) is 0 Å². The SMILES string of the molecule is CC(C)CN1C(=O)c2ccccc2N2C(=O)CCC12C(=O)OCc1cccc([N+](=O)[O-])c1. The molecule has 1 unspecified atom stereocenters. The normalized spacial score (nSPS) is 19.7. The molecule has 2 amide bonds. The fourth-order valence-corrected chi connectivity index (χ4v) is 4.39. The van der Waals surface area contributed by atoms with Crippen LogP contribution in [-0.4, -0.2) is 39.8 Å². The summed E-state index contributed by atoms with van der Waals surface area (Å²) in [7, 11) is 0. The summed E-state index contributed by atoms with van der Waals surface area (Å²) in [6.45, 7) is 3.91. The Morgan fingerprint density at radius 3 is 2.66 bits per heavy atom. The fraction of sp³-hybridized carbons (Fsp3) is 0.348. The van der Waals surface area contributed by atoms with Gasteiger partial charge in [-0.05, 0) is 23.6 Å². The van der Waals surface area contributed by atoms with Crippen LogP contribution in [0.2, 0.25) is 0 Å². The predicted octanol–water partition coefficient (Wildman–Crippen LogP) is 3.27. The van der Waals surface area contributed by atoms with Crippen LogP contribution in [0.1, 0.15) is 42.6 Å². The van der Waals surface area contributed by atoms with E-state index < -0.39 is 16.6 Å². The number of rotatable bonds is 6. The van der Waals surface area contributed by atoms with Gasteiger partial charge in [0.25, 0.3) is 11.6 Å². The standard InChI is InChI=1S/C23H23N3O6/c1-15(2)13-24-21(28)18-8-3-4-9-19(18)25-20(27)10-11-23(24,25)22(29)32-14-16-6-5-7-17(12-16)26(30)31/h3-9,12,15H,10-11,13-14H2,1-2H3. The number of carbonyl (C=O) groups is 3. The quantitative estimate of drug-likeness (QED) is 0.390. The van der Waals surface area contributed by atoms with Gasteiger partial charge >= 0.3 is 5.97 Å². The molecule has 0 spiro atoms. The lowest BCUT2D eigenvalue weighted by Crippen LogP contribution is -2.69. The zero-order valence-corrected chi connectivity index (χ0v) is 17.8. The van der Waals surface area contributed by atoms with Crippen molar-refractivity contribution in [3.8, 4) is 0 Å². The van der Waals surface area contributed by atoms with E-state index >= 15 is 0 Å². The number of anilines is 1. The number of esters is 1. The number of carbonyl (C=O) groups excluding carboxylic acids is 3. The Kier molecular flexibility index (Phi) is 5.41. The van der Waals surface area contributed by atoms with Crippen molar-refractivity contribution in [2.24, 2.45) is 5.92 Å². The summed E-state index contributed by atoms with van der Waals surface area (Å²) in [5.74, 6) is -1.26. The number of fused-ring (bicyclic) bond motifs is 3. The molecule has 2 aromatic rings. The van der Waals surface area contributed by atoms with E-state index in [-0.39, 0.29) is 49.4 Å². The van der Waals surface area contributed by atoms with Crippen LogP contribution in [0.5, 0.6) is 0 Å². The Bertz CT molecular complexity index is 1110. The Morgan fingerprint density at radius 1 is 1.19 bits per heavy atom. The molecular formula is C23H23N3O6. The van der Waals surface area contributed by atoms with Crippen molar-refractivity contribution >= 4 is 29.2 Å². The molecule has 32 heavy (non-hydrogen) atoms. The molecule has 2 heterocycles. The van der Waals surface area contributed by atoms with Crippen LogP contribution in [0, 0.1) is 16.0 Å². The Labute approximate surface area is 184 Å². The van der Waals surface area contributed by atoms with Crippen LogP contribution in [0.25, 0.3) is 0 Å². The average Bonchev–Trinajstić information content (AvgIpc) is 3.13. The van der Waals surface area contributed by atoms with Crippen LogP contribution < -0.4 is 4.90 Å². The van der Waals surface area contributed by atoms with Gasteiger partial charge in [-0.3, -0.25) is 24.6 Å². The number of nitrogens with zero attached hydrogens (tertiary/aromatic N) is 3. The molecule has 1 saturated heterocycles. The number of para-hydroxylation sites is 1. The molecule has 2 aromatic carbocycles. The summed E-state index contributed by atoms with van der Waals surface area (Å²) >= 11 is 0. The summed E-state index contributed by atoms with van der Waals surface area (Å²) < 4.78 is 5.58. The van der Waals surface area contributed by atoms with E-state index in [0.717, 1.165) is 0 Å². The second kappa shape index (κ2) is 8.07. The lowest BCUT2D eigenvalue weighted by atomic mass is 9.95. The van der Waals surface area contributed by atoms with Gasteiger partial charge in [0.2, 0.25) is 11.6 Å². The second-order valence-electron chi connectivity index (χ2n) is 8.38. The first-order valence-corrected chi connectivity index (χ1v) is 10.4. The van der Waals surface area contributed by atoms with E-state index in [1.165, 1.54) is 28.0 Å². The van der Waals surface area contributed by atoms with Gasteiger partial charge in [-0.2, -0.15) is 0 Å². The van der Waals surface area contributed by atoms with E-state index in [1.54, 1.807) is 30.3 Å². The molecule has 9 heteroatoms. The molecule has 2 aliphatic heterocycles. The van der Waals surface area contributed by atoms with Crippen molar-refractivity contribution in [1.29, 1.82) is 0 Å². The number of nitro groups is 1. The number of nitro benzene ring substituents is 1. The Hall–Kier alpha value is -3.75. The molecule has 0 radical (unpaired) electrons. The first kappa shape index (κ1) is 21.5. The van der Waals surface area contributed by atoms with Crippen LogP contribution in [-0.2, 0) is 20.9 Å². The number of hydrogen-bond donors (Lipinski definition) is 0. The number of ether oxygens (including phenoxy) is 1. The summed E-state index contributed by atoms with van der Waals surface area (Å²) in [4.78, 5) is 53.2. The fourth-order valence-electron chi connectivity index (χ4n) is 4.39. The Balaban J connectivity index is 1.72. The van der Waals surface area contributed by atoms with Crippen molar-refractivity contribution < 1.29 is 24.0 Å². The van der Waals surface area contributed by atoms with Crippen molar-refractivity contribution in [2.75, 3.05) is 11.4 Å². The van der Waals surface area contributed by atoms with Crippen LogP contribution >= 0.6 is 0 Å². The smallest absolute Gasteiger partial charge is 0.354 e. The lowest BCUT2D eigenvalue weighted by molar-refractivity contribution is -0.384. The zero-order chi connectivity index (χ0) is 23.0. The topological polar surface area (TPSA) is 110 Å². The van der Waals surface area contributed by atoms with Gasteiger partial charge in [-0.25, -0.2) is 4.79 Å². The molecule has 0 aliphatic carbocycles. The highest BCUT2D eigenvalue weighted by atomic mass is 16.6. The van der Waals surface area contributed by atoms with Crippen molar-refractivity contribution in [3.05, 3.63) is 69.8 Å². The van der Waals surface area contributed by atoms with Gasteiger partial charge in [0.15, 0.2) is 0 Å². The highest BCUT2D eigenvalue weighted by molar-refractivity contribution is 6.15. The third kappa shape index (κ3) is 3.39. The molecule has 1 atom stereocenters. The molecule has 1 fully saturated rings. The molecule has 0 aromatic heterocycles. The summed E-state index contributed by atoms with van der Waals surface area (Å²) in [6.07, 6.45) is 0.217. The maximum Gasteiger partial charge on any atom is 0.354 e. The Morgan fingerprint density at radius 2 is 1.94 bits per heavy atom. The maximum atomic E-state index is 13.5. The van der Waals surface area contributed by atoms with Gasteiger partial charge in [0, 0.05) is 31.5 Å². The first-order chi connectivity index (χ1) is 15.3. The lowest BCUT2D eigenvalue weighted by Gasteiger charge is -2.48. The zero-order valence-electron chi connectivity index (χ0n) is 17.8. The van der Waals surface area contributed by atoms with Crippen LogP contribution in [0.4, 0.5) is 11.4 Å². The monoisotopic (exact) mass is 437 g/mol. The van der Waals surface area contributed by atoms with E-state index in [9.17, 15) is 24.5 Å². The molecule has 2 aliphatic rings. The predicted molar refractivity (Wildman–Crippen MR) is 115 cm³/mol. The van der Waals surface area contributed by atoms with Crippen LogP contribution in [0.15, 0.2) is 48.5 Å². The average molecular weight is 437 g/mol. The maximum absolute atomic E-state index is 13.5. The van der Waals surface area contributed by atoms with Crippen molar-refractivity contribution in [1.82, 2.24) is 4.90 Å². The van der Waals surface area contributed by atoms with E-state index in [4.69, 9.17) is 4.74 Å². The molecule has 0 saturated carbocycles. The van der Waals surface area contributed by atoms with Gasteiger partial charge in [-0.15, -0.1) is 0 Å². The molecule has 166 valence electrons. The first-order valence-electron chi connectivity index (χ1n) is 10.4. The van der Waals surface area contributed by atoms with E-state index in [1.807, 2.05) is 13.8 Å². The number of non-ortho nitro benzene ring substituents is 1. The number of amides is 2. The number of benzene rings is 2. The third-order valence-electron chi connectivity index (χ3n) is 5.74. The largest absolute Gasteiger partial charge is 0.458 e. The van der Waals surface area contributed by atoms with E-state index in [2.05, 4.69) is 0 Å². The summed E-state index contributed by atoms with van der Waals surface area (Å²) in [6, 6.07) is 12.5. The minimum absolute atomic E-state index is 0.0446. The molecule has 0 bridgehead atoms. The summed E-state index contributed by atoms with van der Waals surface area (Å²) in [5, 5.41) is 11.0. The van der Waals surface area contributed by atoms with Crippen molar-refractivity contribution in [2.45, 2.75) is 39.0 Å². The highest BCUT2D eigenvalue weighted by Crippen LogP contribution is 2.45. The third-order valence-corrected chi connectivity index (χ3v) is 5.74. The highest BCUT2D eigenvalue weighted by Gasteiger charge is 2.61. The second-order valence-corrected chi connectivity index (χ2v) is 8.38. The van der Waals surface area contributed by atoms with Gasteiger partial charge in [-0.1, -0.05) is 38.1 Å². The molecule has 0 N–H and O–H groups in total. The van der Waals surface area contributed by atoms with E-state index in [0.29, 0.717) is 16.8 Å². The molecular weight excluding hydrogens is 414 g/mol. The minimum atomic E-state index is -1.58.